The Labute approximate surface area is 103 Å². The molecule has 0 aromatic rings. The number of aliphatic hydroxyl groups excluding tert-OH is 4. The molecule has 5 unspecified atom stereocenters. The quantitative estimate of drug-likeness (QED) is 0.352. The third kappa shape index (κ3) is 3.47. The average molecular weight is 262 g/mol. The van der Waals surface area contributed by atoms with E-state index in [1.807, 2.05) is 0 Å². The Bertz CT molecular complexity index is 298. The van der Waals surface area contributed by atoms with Crippen molar-refractivity contribution in [3.63, 3.8) is 0 Å². The molecular formula is C10H16NO7. The van der Waals surface area contributed by atoms with E-state index in [1.165, 1.54) is 6.29 Å². The van der Waals surface area contributed by atoms with Gasteiger partial charge in [-0.15, -0.1) is 0 Å². The van der Waals surface area contributed by atoms with Crippen molar-refractivity contribution >= 4 is 12.2 Å². The molecule has 0 saturated carbocycles. The number of amides is 1. The molecule has 0 aromatic carbocycles. The van der Waals surface area contributed by atoms with Crippen LogP contribution < -0.4 is 5.32 Å². The highest BCUT2D eigenvalue weighted by molar-refractivity contribution is 5.78. The van der Waals surface area contributed by atoms with Gasteiger partial charge in [0.15, 0.2) is 12.6 Å². The first-order valence-electron chi connectivity index (χ1n) is 5.46. The van der Waals surface area contributed by atoms with E-state index in [2.05, 4.69) is 5.32 Å². The molecule has 1 radical (unpaired) electrons. The van der Waals surface area contributed by atoms with Gasteiger partial charge in [0.2, 0.25) is 5.91 Å². The summed E-state index contributed by atoms with van der Waals surface area (Å²) in [6.45, 7) is -0.573. The van der Waals surface area contributed by atoms with Gasteiger partial charge in [0.05, 0.1) is 6.61 Å². The fourth-order valence-corrected chi connectivity index (χ4v) is 1.68. The summed E-state index contributed by atoms with van der Waals surface area (Å²) in [6, 6.07) is -1.22. The molecule has 0 aliphatic carbocycles. The molecule has 8 heteroatoms. The number of rotatable bonds is 5. The van der Waals surface area contributed by atoms with Crippen molar-refractivity contribution in [2.75, 3.05) is 6.61 Å². The van der Waals surface area contributed by atoms with Crippen molar-refractivity contribution in [2.45, 2.75) is 43.5 Å². The Morgan fingerprint density at radius 2 is 1.94 bits per heavy atom. The minimum atomic E-state index is -1.55. The second kappa shape index (κ2) is 6.76. The number of carbonyl (C=O) groups is 1. The largest absolute Gasteiger partial charge is 0.394 e. The molecule has 0 spiro atoms. The first kappa shape index (κ1) is 15.0. The van der Waals surface area contributed by atoms with E-state index in [4.69, 9.17) is 9.84 Å². The minimum Gasteiger partial charge on any atom is -0.394 e. The van der Waals surface area contributed by atoms with Crippen molar-refractivity contribution in [3.05, 3.63) is 0 Å². The van der Waals surface area contributed by atoms with Gasteiger partial charge >= 0.3 is 0 Å². The van der Waals surface area contributed by atoms with Gasteiger partial charge in [-0.2, -0.15) is 0 Å². The monoisotopic (exact) mass is 262 g/mol. The van der Waals surface area contributed by atoms with E-state index in [0.717, 1.165) is 0 Å². The first-order valence-corrected chi connectivity index (χ1v) is 5.46. The highest BCUT2D eigenvalue weighted by Gasteiger charge is 2.44. The summed E-state index contributed by atoms with van der Waals surface area (Å²) < 4.78 is 4.84. The van der Waals surface area contributed by atoms with Crippen LogP contribution in [0.25, 0.3) is 0 Å². The van der Waals surface area contributed by atoms with Crippen LogP contribution in [0.4, 0.5) is 0 Å². The van der Waals surface area contributed by atoms with Gasteiger partial charge in [0.1, 0.15) is 24.4 Å². The van der Waals surface area contributed by atoms with Crippen LogP contribution >= 0.6 is 0 Å². The Morgan fingerprint density at radius 1 is 1.28 bits per heavy atom. The third-order valence-corrected chi connectivity index (χ3v) is 2.68. The van der Waals surface area contributed by atoms with Crippen molar-refractivity contribution in [2.24, 2.45) is 0 Å². The maximum absolute atomic E-state index is 11.3. The molecule has 0 bridgehead atoms. The van der Waals surface area contributed by atoms with Gasteiger partial charge < -0.3 is 30.5 Å². The van der Waals surface area contributed by atoms with Gasteiger partial charge in [0.25, 0.3) is 0 Å². The summed E-state index contributed by atoms with van der Waals surface area (Å²) in [6.07, 6.45) is -4.29. The lowest BCUT2D eigenvalue weighted by molar-refractivity contribution is -0.253. The van der Waals surface area contributed by atoms with E-state index < -0.39 is 43.2 Å². The summed E-state index contributed by atoms with van der Waals surface area (Å²) in [7, 11) is 0. The maximum Gasteiger partial charge on any atom is 0.220 e. The topological polar surface area (TPSA) is 136 Å². The summed E-state index contributed by atoms with van der Waals surface area (Å²) in [4.78, 5) is 21.3. The SMILES string of the molecule is O=[C]CCC(=O)NC1C(O)OC(CO)C(O)C1O. The number of hydrogen-bond acceptors (Lipinski definition) is 7. The van der Waals surface area contributed by atoms with Gasteiger partial charge in [-0.25, -0.2) is 0 Å². The lowest BCUT2D eigenvalue weighted by atomic mass is 9.97. The van der Waals surface area contributed by atoms with Crippen LogP contribution in [0.2, 0.25) is 0 Å². The van der Waals surface area contributed by atoms with E-state index >= 15 is 0 Å². The molecule has 8 nitrogen and oxygen atoms in total. The Hall–Kier alpha value is -1.06. The molecule has 0 aromatic heterocycles. The van der Waals surface area contributed by atoms with Gasteiger partial charge in [-0.3, -0.25) is 9.59 Å². The zero-order valence-corrected chi connectivity index (χ0v) is 9.52. The Morgan fingerprint density at radius 3 is 2.50 bits per heavy atom. The predicted octanol–water partition coefficient (Wildman–Crippen LogP) is -3.21. The van der Waals surface area contributed by atoms with Crippen LogP contribution in [0.1, 0.15) is 12.8 Å². The highest BCUT2D eigenvalue weighted by Crippen LogP contribution is 2.19. The second-order valence-electron chi connectivity index (χ2n) is 3.97. The summed E-state index contributed by atoms with van der Waals surface area (Å²) in [5.74, 6) is -0.584. The predicted molar refractivity (Wildman–Crippen MR) is 56.8 cm³/mol. The maximum atomic E-state index is 11.3. The molecule has 1 heterocycles. The van der Waals surface area contributed by atoms with Gasteiger partial charge in [-0.05, 0) is 0 Å². The van der Waals surface area contributed by atoms with Crippen LogP contribution in [0.5, 0.6) is 0 Å². The van der Waals surface area contributed by atoms with Crippen molar-refractivity contribution < 1.29 is 34.8 Å². The van der Waals surface area contributed by atoms with Gasteiger partial charge in [-0.1, -0.05) is 0 Å². The Kier molecular flexibility index (Phi) is 5.63. The van der Waals surface area contributed by atoms with E-state index in [-0.39, 0.29) is 12.8 Å². The number of aliphatic hydroxyl groups is 4. The van der Waals surface area contributed by atoms with Crippen molar-refractivity contribution in [3.8, 4) is 0 Å². The molecule has 1 aliphatic heterocycles. The second-order valence-corrected chi connectivity index (χ2v) is 3.97. The molecule has 1 aliphatic rings. The van der Waals surface area contributed by atoms with E-state index in [1.54, 1.807) is 0 Å². The highest BCUT2D eigenvalue weighted by atomic mass is 16.6. The molecule has 5 N–H and O–H groups in total. The molecular weight excluding hydrogens is 246 g/mol. The lowest BCUT2D eigenvalue weighted by Crippen LogP contribution is -2.64. The van der Waals surface area contributed by atoms with Crippen LogP contribution in [0.3, 0.4) is 0 Å². The van der Waals surface area contributed by atoms with Gasteiger partial charge in [0, 0.05) is 12.8 Å². The minimum absolute atomic E-state index is 0.104. The molecule has 1 amide bonds. The van der Waals surface area contributed by atoms with Crippen molar-refractivity contribution in [1.82, 2.24) is 5.32 Å². The molecule has 103 valence electrons. The summed E-state index contributed by atoms with van der Waals surface area (Å²) in [5.41, 5.74) is 0. The van der Waals surface area contributed by atoms with Crippen LogP contribution in [0.15, 0.2) is 0 Å². The smallest absolute Gasteiger partial charge is 0.220 e. The number of carbonyl (C=O) groups excluding carboxylic acids is 2. The normalized spacial score (nSPS) is 36.1. The van der Waals surface area contributed by atoms with E-state index in [9.17, 15) is 24.9 Å². The summed E-state index contributed by atoms with van der Waals surface area (Å²) in [5, 5.41) is 39.9. The molecule has 1 saturated heterocycles. The number of ether oxygens (including phenoxy) is 1. The zero-order chi connectivity index (χ0) is 13.7. The fraction of sp³-hybridized carbons (Fsp3) is 0.800. The standard InChI is InChI=1S/C10H16NO7/c12-3-1-2-6(14)11-7-9(16)8(15)5(4-13)18-10(7)17/h5,7-10,13,15-17H,1-2,4H2,(H,11,14). The third-order valence-electron chi connectivity index (χ3n) is 2.68. The number of nitrogens with one attached hydrogen (secondary N) is 1. The molecule has 5 atom stereocenters. The van der Waals surface area contributed by atoms with Crippen LogP contribution in [0, 0.1) is 0 Å². The van der Waals surface area contributed by atoms with Crippen molar-refractivity contribution in [1.29, 1.82) is 0 Å². The zero-order valence-electron chi connectivity index (χ0n) is 9.52. The lowest BCUT2D eigenvalue weighted by Gasteiger charge is -2.40. The average Bonchev–Trinajstić information content (AvgIpc) is 2.36. The van der Waals surface area contributed by atoms with Crippen LogP contribution in [-0.4, -0.2) is 69.9 Å². The number of hydrogen-bond donors (Lipinski definition) is 5. The van der Waals surface area contributed by atoms with E-state index in [0.29, 0.717) is 0 Å². The summed E-state index contributed by atoms with van der Waals surface area (Å²) >= 11 is 0. The fourth-order valence-electron chi connectivity index (χ4n) is 1.68. The van der Waals surface area contributed by atoms with Crippen LogP contribution in [-0.2, 0) is 14.3 Å². The first-order chi connectivity index (χ1) is 8.51. The molecule has 18 heavy (non-hydrogen) atoms. The molecule has 1 fully saturated rings. The molecule has 1 rings (SSSR count). The Balaban J connectivity index is 2.59.